The average Bonchev–Trinajstić information content (AvgIpc) is 3.58. The van der Waals surface area contributed by atoms with Crippen molar-refractivity contribution in [1.29, 1.82) is 0 Å². The fourth-order valence-electron chi connectivity index (χ4n) is 7.35. The van der Waals surface area contributed by atoms with Gasteiger partial charge in [0.2, 0.25) is 5.88 Å². The van der Waals surface area contributed by atoms with E-state index in [0.717, 1.165) is 57.3 Å². The number of aromatic nitrogens is 3. The van der Waals surface area contributed by atoms with Gasteiger partial charge in [-0.1, -0.05) is 11.6 Å². The lowest BCUT2D eigenvalue weighted by atomic mass is 9.95. The highest BCUT2D eigenvalue weighted by Crippen LogP contribution is 2.51. The molecule has 1 aromatic carbocycles. The molecule has 1 spiro atoms. The van der Waals surface area contributed by atoms with Crippen LogP contribution < -0.4 is 20.1 Å². The third kappa shape index (κ3) is 5.35. The Labute approximate surface area is 267 Å². The second-order valence-corrected chi connectivity index (χ2v) is 13.6. The molecule has 1 saturated carbocycles. The van der Waals surface area contributed by atoms with E-state index in [1.54, 1.807) is 0 Å². The van der Waals surface area contributed by atoms with E-state index in [0.29, 0.717) is 25.3 Å². The Morgan fingerprint density at radius 1 is 1.17 bits per heavy atom. The molecule has 5 heterocycles. The van der Waals surface area contributed by atoms with Crippen molar-refractivity contribution in [2.45, 2.75) is 62.0 Å². The molecule has 0 radical (unpaired) electrons. The van der Waals surface area contributed by atoms with Crippen LogP contribution >= 0.6 is 11.6 Å². The van der Waals surface area contributed by atoms with Crippen molar-refractivity contribution in [2.24, 2.45) is 0 Å². The quantitative estimate of drug-likeness (QED) is 0.239. The van der Waals surface area contributed by atoms with Crippen molar-refractivity contribution < 1.29 is 31.4 Å². The summed E-state index contributed by atoms with van der Waals surface area (Å²) in [5, 5.41) is -0.536. The van der Waals surface area contributed by atoms with E-state index >= 15 is 4.39 Å². The summed E-state index contributed by atoms with van der Waals surface area (Å²) in [6.45, 7) is 2.68. The summed E-state index contributed by atoms with van der Waals surface area (Å²) in [5.41, 5.74) is 1.97. The molecule has 3 aliphatic heterocycles. The lowest BCUT2D eigenvalue weighted by molar-refractivity contribution is -0.137. The van der Waals surface area contributed by atoms with Crippen LogP contribution in [0.4, 0.5) is 33.5 Å². The van der Waals surface area contributed by atoms with E-state index in [1.807, 2.05) is 14.1 Å². The third-order valence-electron chi connectivity index (χ3n) is 9.71. The number of nitrogens with zero attached hydrogens (tertiary/aromatic N) is 6. The van der Waals surface area contributed by atoms with Crippen LogP contribution in [0.2, 0.25) is 5.02 Å². The number of pyridine rings is 1. The van der Waals surface area contributed by atoms with E-state index in [4.69, 9.17) is 31.8 Å². The summed E-state index contributed by atoms with van der Waals surface area (Å²) in [4.78, 5) is 19.8. The number of benzene rings is 1. The number of nitrogen functional groups attached to an aromatic ring is 1. The minimum absolute atomic E-state index is 0.0855. The number of anilines is 2. The molecule has 2 saturated heterocycles. The van der Waals surface area contributed by atoms with Gasteiger partial charge in [-0.15, -0.1) is 0 Å². The lowest BCUT2D eigenvalue weighted by Gasteiger charge is -2.32. The largest absolute Gasteiger partial charge is 0.475 e. The molecule has 46 heavy (non-hydrogen) atoms. The number of ether oxygens (including phenoxy) is 2. The molecular formula is C31H35ClF5N7O2. The highest BCUT2D eigenvalue weighted by atomic mass is 35.5. The predicted molar refractivity (Wildman–Crippen MR) is 164 cm³/mol. The van der Waals surface area contributed by atoms with Gasteiger partial charge in [-0.3, -0.25) is 4.90 Å². The number of halogens is 6. The van der Waals surface area contributed by atoms with E-state index < -0.39 is 51.1 Å². The maximum Gasteiger partial charge on any atom is 0.418 e. The normalized spacial score (nSPS) is 23.7. The minimum Gasteiger partial charge on any atom is -0.475 e. The molecule has 15 heteroatoms. The molecular weight excluding hydrogens is 633 g/mol. The molecule has 4 aliphatic rings. The van der Waals surface area contributed by atoms with E-state index in [9.17, 15) is 17.6 Å². The van der Waals surface area contributed by atoms with Crippen LogP contribution in [0.1, 0.15) is 44.1 Å². The summed E-state index contributed by atoms with van der Waals surface area (Å²) >= 11 is 6.03. The topological polar surface area (TPSA) is 92.9 Å². The maximum absolute atomic E-state index is 16.7. The number of fused-ring (bicyclic) bond motifs is 1. The molecule has 248 valence electrons. The van der Waals surface area contributed by atoms with Gasteiger partial charge in [-0.2, -0.15) is 23.1 Å². The van der Waals surface area contributed by atoms with Gasteiger partial charge in [0, 0.05) is 30.8 Å². The summed E-state index contributed by atoms with van der Waals surface area (Å²) in [6.07, 6.45) is -1.66. The zero-order chi connectivity index (χ0) is 32.6. The van der Waals surface area contributed by atoms with Crippen molar-refractivity contribution in [3.63, 3.8) is 0 Å². The first-order chi connectivity index (χ1) is 21.8. The molecule has 0 amide bonds. The number of hydrogen-bond acceptors (Lipinski definition) is 9. The van der Waals surface area contributed by atoms with Crippen molar-refractivity contribution in [2.75, 3.05) is 64.1 Å². The smallest absolute Gasteiger partial charge is 0.418 e. The van der Waals surface area contributed by atoms with Gasteiger partial charge in [0.15, 0.2) is 5.82 Å². The zero-order valence-electron chi connectivity index (χ0n) is 25.6. The predicted octanol–water partition coefficient (Wildman–Crippen LogP) is 5.72. The molecule has 2 atom stereocenters. The van der Waals surface area contributed by atoms with Crippen molar-refractivity contribution in [1.82, 2.24) is 24.8 Å². The Hall–Kier alpha value is -3.23. The number of alkyl halides is 4. The van der Waals surface area contributed by atoms with Gasteiger partial charge in [0.05, 0.1) is 21.7 Å². The Balaban J connectivity index is 1.40. The third-order valence-corrected chi connectivity index (χ3v) is 10.0. The van der Waals surface area contributed by atoms with Gasteiger partial charge in [-0.05, 0) is 71.4 Å². The number of rotatable bonds is 8. The first-order valence-corrected chi connectivity index (χ1v) is 15.8. The SMILES string of the molecule is CN(C)CCCN1c2nc(OC[C@@]34CCCN3C[C@H](F)C4)nc3c(F)c(-c4cc(N)cc(Cl)c4C(F)(F)F)nc(c23)OCC12CC2. The van der Waals surface area contributed by atoms with E-state index in [1.165, 1.54) is 0 Å². The van der Waals surface area contributed by atoms with Crippen LogP contribution in [-0.4, -0.2) is 95.5 Å². The number of hydrogen-bond donors (Lipinski definition) is 1. The lowest BCUT2D eigenvalue weighted by Crippen LogP contribution is -2.44. The molecule has 2 N–H and O–H groups in total. The first kappa shape index (κ1) is 31.4. The maximum atomic E-state index is 16.7. The fourth-order valence-corrected chi connectivity index (χ4v) is 7.68. The highest BCUT2D eigenvalue weighted by Gasteiger charge is 2.53. The Morgan fingerprint density at radius 3 is 2.67 bits per heavy atom. The van der Waals surface area contributed by atoms with E-state index in [2.05, 4.69) is 24.7 Å². The summed E-state index contributed by atoms with van der Waals surface area (Å²) in [7, 11) is 3.94. The van der Waals surface area contributed by atoms with Crippen molar-refractivity contribution in [3.05, 3.63) is 28.5 Å². The zero-order valence-corrected chi connectivity index (χ0v) is 26.3. The molecule has 3 aromatic rings. The summed E-state index contributed by atoms with van der Waals surface area (Å²) < 4.78 is 86.4. The van der Waals surface area contributed by atoms with Gasteiger partial charge in [-0.25, -0.2) is 13.8 Å². The van der Waals surface area contributed by atoms with Gasteiger partial charge < -0.3 is 25.0 Å². The number of nitrogens with two attached hydrogens (primary N) is 1. The van der Waals surface area contributed by atoms with Crippen LogP contribution in [0.5, 0.6) is 11.9 Å². The van der Waals surface area contributed by atoms with Gasteiger partial charge in [0.25, 0.3) is 0 Å². The first-order valence-electron chi connectivity index (χ1n) is 15.5. The van der Waals surface area contributed by atoms with Crippen molar-refractivity contribution in [3.8, 4) is 23.1 Å². The average molecular weight is 668 g/mol. The van der Waals surface area contributed by atoms with Gasteiger partial charge in [0.1, 0.15) is 41.8 Å². The molecule has 7 rings (SSSR count). The van der Waals surface area contributed by atoms with Crippen molar-refractivity contribution >= 4 is 34.0 Å². The summed E-state index contributed by atoms with van der Waals surface area (Å²) in [5.74, 6) is -0.857. The Kier molecular flexibility index (Phi) is 7.63. The Bertz CT molecular complexity index is 1690. The monoisotopic (exact) mass is 667 g/mol. The second-order valence-electron chi connectivity index (χ2n) is 13.2. The van der Waals surface area contributed by atoms with Crippen LogP contribution in [0, 0.1) is 5.82 Å². The summed E-state index contributed by atoms with van der Waals surface area (Å²) in [6, 6.07) is 1.81. The van der Waals surface area contributed by atoms with Crippen LogP contribution in [0.3, 0.4) is 0 Å². The van der Waals surface area contributed by atoms with Crippen LogP contribution in [0.15, 0.2) is 12.1 Å². The molecule has 0 bridgehead atoms. The van der Waals surface area contributed by atoms with Crippen LogP contribution in [-0.2, 0) is 6.18 Å². The Morgan fingerprint density at radius 2 is 1.96 bits per heavy atom. The fraction of sp³-hybridized carbons (Fsp3) is 0.581. The van der Waals surface area contributed by atoms with Crippen LogP contribution in [0.25, 0.3) is 22.2 Å². The van der Waals surface area contributed by atoms with E-state index in [-0.39, 0.29) is 41.7 Å². The minimum atomic E-state index is -4.94. The molecule has 3 fully saturated rings. The van der Waals surface area contributed by atoms with Gasteiger partial charge >= 0.3 is 12.2 Å². The highest BCUT2D eigenvalue weighted by molar-refractivity contribution is 6.32. The molecule has 1 aliphatic carbocycles. The molecule has 0 unspecified atom stereocenters. The molecule has 9 nitrogen and oxygen atoms in total. The molecule has 2 aromatic heterocycles. The standard InChI is InChI=1S/C31H35ClF5N7O2/c1-42(2)8-4-10-44-26-21-25(40-28(41-26)46-16-30-5-3-9-43(30)14-17(33)13-30)23(34)24(39-27(21)45-15-29(44)6-7-29)19-11-18(38)12-20(32)22(19)31(35,36)37/h11-12,17H,3-10,13-16,38H2,1-2H3/t17-,30+/m1/s1. The second kappa shape index (κ2) is 11.2.